The fourth-order valence-corrected chi connectivity index (χ4v) is 2.65. The maximum Gasteiger partial charge on any atom is 0.416 e. The van der Waals surface area contributed by atoms with Crippen molar-refractivity contribution in [3.8, 4) is 0 Å². The third-order valence-corrected chi connectivity index (χ3v) is 3.84. The molecule has 1 fully saturated rings. The molecule has 0 aromatic heterocycles. The normalized spacial score (nSPS) is 17.6. The van der Waals surface area contributed by atoms with Crippen LogP contribution >= 0.6 is 0 Å². The lowest BCUT2D eigenvalue weighted by atomic mass is 10.0. The van der Waals surface area contributed by atoms with Crippen LogP contribution in [0.3, 0.4) is 0 Å². The summed E-state index contributed by atoms with van der Waals surface area (Å²) in [5.41, 5.74) is -1.15. The molecule has 1 aromatic rings. The highest BCUT2D eigenvalue weighted by atomic mass is 19.4. The summed E-state index contributed by atoms with van der Waals surface area (Å²) in [6.07, 6.45) is -2.79. The van der Waals surface area contributed by atoms with Crippen molar-refractivity contribution < 1.29 is 22.8 Å². The lowest BCUT2D eigenvalue weighted by Crippen LogP contribution is -2.27. The fraction of sp³-hybridized carbons (Fsp3) is 0.500. The number of benzene rings is 1. The molecule has 8 heteroatoms. The maximum atomic E-state index is 13.0. The predicted octanol–water partition coefficient (Wildman–Crippen LogP) is 2.39. The van der Waals surface area contributed by atoms with Gasteiger partial charge in [-0.25, -0.2) is 0 Å². The van der Waals surface area contributed by atoms with E-state index in [0.717, 1.165) is 38.1 Å². The molecule has 5 nitrogen and oxygen atoms in total. The fourth-order valence-electron chi connectivity index (χ4n) is 2.65. The Kier molecular flexibility index (Phi) is 5.82. The molecule has 1 atom stereocenters. The number of carbonyl (C=O) groups is 2. The van der Waals surface area contributed by atoms with E-state index in [2.05, 4.69) is 16.0 Å². The van der Waals surface area contributed by atoms with Gasteiger partial charge in [-0.1, -0.05) is 0 Å². The van der Waals surface area contributed by atoms with Gasteiger partial charge in [-0.05, 0) is 50.0 Å². The molecule has 132 valence electrons. The Morgan fingerprint density at radius 3 is 2.62 bits per heavy atom. The molecule has 0 bridgehead atoms. The number of hydrogen-bond acceptors (Lipinski definition) is 3. The second-order valence-electron chi connectivity index (χ2n) is 5.88. The second kappa shape index (κ2) is 7.65. The average molecular weight is 343 g/mol. The van der Waals surface area contributed by atoms with Gasteiger partial charge in [0.25, 0.3) is 5.91 Å². The molecule has 1 aliphatic rings. The summed E-state index contributed by atoms with van der Waals surface area (Å²) in [6.45, 7) is 3.44. The van der Waals surface area contributed by atoms with Crippen LogP contribution in [0.5, 0.6) is 0 Å². The number of anilines is 1. The van der Waals surface area contributed by atoms with Gasteiger partial charge in [0.1, 0.15) is 0 Å². The first-order valence-corrected chi connectivity index (χ1v) is 7.74. The van der Waals surface area contributed by atoms with Crippen LogP contribution in [0.2, 0.25) is 0 Å². The van der Waals surface area contributed by atoms with Crippen molar-refractivity contribution in [1.82, 2.24) is 10.6 Å². The van der Waals surface area contributed by atoms with E-state index in [0.29, 0.717) is 12.5 Å². The molecule has 1 aromatic carbocycles. The summed E-state index contributed by atoms with van der Waals surface area (Å²) in [4.78, 5) is 23.2. The zero-order valence-corrected chi connectivity index (χ0v) is 13.3. The molecule has 0 radical (unpaired) electrons. The van der Waals surface area contributed by atoms with Crippen molar-refractivity contribution in [1.29, 1.82) is 0 Å². The number of carbonyl (C=O) groups excluding carboxylic acids is 2. The van der Waals surface area contributed by atoms with E-state index >= 15 is 0 Å². The molecular formula is C16H20F3N3O2. The second-order valence-corrected chi connectivity index (χ2v) is 5.88. The topological polar surface area (TPSA) is 70.2 Å². The lowest BCUT2D eigenvalue weighted by molar-refractivity contribution is -0.137. The largest absolute Gasteiger partial charge is 0.416 e. The van der Waals surface area contributed by atoms with Gasteiger partial charge in [0, 0.05) is 24.7 Å². The summed E-state index contributed by atoms with van der Waals surface area (Å²) in [5.74, 6) is -0.616. The standard InChI is InChI=1S/C16H20F3N3O2/c1-10(23)22-14-7-12(6-13(8-14)16(17,18)19)15(24)21-5-3-11-2-4-20-9-11/h6-8,11,20H,2-5,9H2,1H3,(H,21,24)(H,22,23). The minimum absolute atomic E-state index is 0.0533. The van der Waals surface area contributed by atoms with Crippen LogP contribution in [-0.2, 0) is 11.0 Å². The molecule has 24 heavy (non-hydrogen) atoms. The summed E-state index contributed by atoms with van der Waals surface area (Å²) in [7, 11) is 0. The third kappa shape index (κ3) is 5.23. The Balaban J connectivity index is 2.08. The van der Waals surface area contributed by atoms with E-state index in [-0.39, 0.29) is 11.3 Å². The predicted molar refractivity (Wildman–Crippen MR) is 83.7 cm³/mol. The van der Waals surface area contributed by atoms with Crippen LogP contribution in [0.15, 0.2) is 18.2 Å². The third-order valence-electron chi connectivity index (χ3n) is 3.84. The molecule has 2 amide bonds. The monoisotopic (exact) mass is 343 g/mol. The first-order valence-electron chi connectivity index (χ1n) is 7.74. The van der Waals surface area contributed by atoms with E-state index in [1.165, 1.54) is 13.0 Å². The number of rotatable bonds is 5. The number of nitrogens with one attached hydrogen (secondary N) is 3. The zero-order valence-electron chi connectivity index (χ0n) is 13.3. The first-order chi connectivity index (χ1) is 11.3. The Hall–Kier alpha value is -2.09. The lowest BCUT2D eigenvalue weighted by Gasteiger charge is -2.13. The summed E-state index contributed by atoms with van der Waals surface area (Å²) < 4.78 is 38.9. The molecule has 0 saturated carbocycles. The number of alkyl halides is 3. The minimum atomic E-state index is -4.60. The highest BCUT2D eigenvalue weighted by Gasteiger charge is 2.32. The average Bonchev–Trinajstić information content (AvgIpc) is 2.98. The molecule has 2 rings (SSSR count). The van der Waals surface area contributed by atoms with E-state index < -0.39 is 23.6 Å². The Labute approximate surface area is 138 Å². The van der Waals surface area contributed by atoms with Crippen LogP contribution in [0.4, 0.5) is 18.9 Å². The Bertz CT molecular complexity index is 611. The van der Waals surface area contributed by atoms with Gasteiger partial charge >= 0.3 is 6.18 Å². The number of hydrogen-bond donors (Lipinski definition) is 3. The summed E-state index contributed by atoms with van der Waals surface area (Å²) in [5, 5.41) is 8.14. The molecule has 1 unspecified atom stereocenters. The first kappa shape index (κ1) is 18.3. The van der Waals surface area contributed by atoms with Gasteiger partial charge in [-0.3, -0.25) is 9.59 Å². The van der Waals surface area contributed by atoms with Gasteiger partial charge in [-0.15, -0.1) is 0 Å². The molecule has 1 heterocycles. The SMILES string of the molecule is CC(=O)Nc1cc(C(=O)NCCC2CCNC2)cc(C(F)(F)F)c1. The zero-order chi connectivity index (χ0) is 17.7. The number of halogens is 3. The van der Waals surface area contributed by atoms with E-state index in [1.807, 2.05) is 0 Å². The number of amides is 2. The van der Waals surface area contributed by atoms with Crippen molar-refractivity contribution in [3.63, 3.8) is 0 Å². The summed E-state index contributed by atoms with van der Waals surface area (Å²) in [6, 6.07) is 2.84. The van der Waals surface area contributed by atoms with Gasteiger partial charge < -0.3 is 16.0 Å². The van der Waals surface area contributed by atoms with Crippen LogP contribution < -0.4 is 16.0 Å². The maximum absolute atomic E-state index is 13.0. The van der Waals surface area contributed by atoms with Crippen LogP contribution in [-0.4, -0.2) is 31.4 Å². The Morgan fingerprint density at radius 2 is 2.04 bits per heavy atom. The van der Waals surface area contributed by atoms with Crippen molar-refractivity contribution in [2.45, 2.75) is 25.9 Å². The van der Waals surface area contributed by atoms with E-state index in [9.17, 15) is 22.8 Å². The van der Waals surface area contributed by atoms with Crippen LogP contribution in [0.25, 0.3) is 0 Å². The van der Waals surface area contributed by atoms with Gasteiger partial charge in [0.05, 0.1) is 5.56 Å². The van der Waals surface area contributed by atoms with Crippen LogP contribution in [0, 0.1) is 5.92 Å². The molecule has 3 N–H and O–H groups in total. The Morgan fingerprint density at radius 1 is 1.29 bits per heavy atom. The summed E-state index contributed by atoms with van der Waals surface area (Å²) >= 11 is 0. The van der Waals surface area contributed by atoms with E-state index in [1.54, 1.807) is 0 Å². The molecule has 0 spiro atoms. The van der Waals surface area contributed by atoms with Crippen molar-refractivity contribution >= 4 is 17.5 Å². The van der Waals surface area contributed by atoms with Crippen molar-refractivity contribution in [2.75, 3.05) is 25.0 Å². The minimum Gasteiger partial charge on any atom is -0.352 e. The highest BCUT2D eigenvalue weighted by Crippen LogP contribution is 2.32. The van der Waals surface area contributed by atoms with Gasteiger partial charge in [-0.2, -0.15) is 13.2 Å². The van der Waals surface area contributed by atoms with Crippen molar-refractivity contribution in [2.24, 2.45) is 5.92 Å². The molecule has 1 aliphatic heterocycles. The van der Waals surface area contributed by atoms with Gasteiger partial charge in [0.15, 0.2) is 0 Å². The van der Waals surface area contributed by atoms with Gasteiger partial charge in [0.2, 0.25) is 5.91 Å². The molecule has 1 saturated heterocycles. The smallest absolute Gasteiger partial charge is 0.352 e. The van der Waals surface area contributed by atoms with Crippen LogP contribution in [0.1, 0.15) is 35.7 Å². The quantitative estimate of drug-likeness (QED) is 0.769. The molecular weight excluding hydrogens is 323 g/mol. The van der Waals surface area contributed by atoms with E-state index in [4.69, 9.17) is 0 Å². The molecule has 0 aliphatic carbocycles. The van der Waals surface area contributed by atoms with Crippen molar-refractivity contribution in [3.05, 3.63) is 29.3 Å². The highest BCUT2D eigenvalue weighted by molar-refractivity contribution is 5.97.